The van der Waals surface area contributed by atoms with Crippen molar-refractivity contribution in [3.8, 4) is 0 Å². The Morgan fingerprint density at radius 1 is 1.04 bits per heavy atom. The first-order valence-corrected chi connectivity index (χ1v) is 7.71. The second-order valence-corrected chi connectivity index (χ2v) is 5.39. The third kappa shape index (κ3) is 4.04. The normalized spacial score (nSPS) is 11.8. The van der Waals surface area contributed by atoms with Crippen LogP contribution in [-0.2, 0) is 6.54 Å². The maximum atomic E-state index is 13.6. The van der Waals surface area contributed by atoms with Crippen LogP contribution in [0.25, 0.3) is 0 Å². The molecular weight excluding hydrogens is 305 g/mol. The molecule has 0 radical (unpaired) electrons. The quantitative estimate of drug-likeness (QED) is 0.722. The molecule has 0 bridgehead atoms. The van der Waals surface area contributed by atoms with Gasteiger partial charge in [0.25, 0.3) is 0 Å². The standard InChI is InChI=1S/C18H18FN5/c1-13(14-7-3-2-4-8-14)22-17-12-21-24-18(23-17)20-11-15-9-5-6-10-16(15)19/h2-10,12-13H,11H2,1H3,(H2,20,22,23,24). The van der Waals surface area contributed by atoms with Crippen LogP contribution < -0.4 is 10.6 Å². The Bertz CT molecular complexity index is 794. The van der Waals surface area contributed by atoms with Gasteiger partial charge in [-0.3, -0.25) is 0 Å². The maximum Gasteiger partial charge on any atom is 0.244 e. The minimum atomic E-state index is -0.259. The third-order valence-corrected chi connectivity index (χ3v) is 3.62. The van der Waals surface area contributed by atoms with Gasteiger partial charge in [-0.15, -0.1) is 5.10 Å². The Kier molecular flexibility index (Phi) is 4.96. The van der Waals surface area contributed by atoms with Crippen molar-refractivity contribution in [3.05, 3.63) is 77.7 Å². The zero-order valence-electron chi connectivity index (χ0n) is 13.3. The number of aromatic nitrogens is 3. The fourth-order valence-electron chi connectivity index (χ4n) is 2.31. The van der Waals surface area contributed by atoms with E-state index in [2.05, 4.69) is 25.8 Å². The van der Waals surface area contributed by atoms with Gasteiger partial charge in [-0.05, 0) is 18.6 Å². The zero-order chi connectivity index (χ0) is 16.8. The first-order valence-electron chi connectivity index (χ1n) is 7.71. The number of nitrogens with zero attached hydrogens (tertiary/aromatic N) is 3. The monoisotopic (exact) mass is 323 g/mol. The highest BCUT2D eigenvalue weighted by molar-refractivity contribution is 5.40. The van der Waals surface area contributed by atoms with Gasteiger partial charge in [0.05, 0.1) is 6.20 Å². The van der Waals surface area contributed by atoms with Crippen molar-refractivity contribution >= 4 is 11.8 Å². The van der Waals surface area contributed by atoms with E-state index in [0.29, 0.717) is 23.9 Å². The molecule has 0 saturated carbocycles. The molecule has 122 valence electrons. The van der Waals surface area contributed by atoms with Crippen LogP contribution in [0.2, 0.25) is 0 Å². The molecule has 3 rings (SSSR count). The Morgan fingerprint density at radius 3 is 2.58 bits per heavy atom. The van der Waals surface area contributed by atoms with Gasteiger partial charge in [0.2, 0.25) is 5.95 Å². The van der Waals surface area contributed by atoms with Crippen LogP contribution in [-0.4, -0.2) is 15.2 Å². The predicted molar refractivity (Wildman–Crippen MR) is 92.0 cm³/mol. The summed E-state index contributed by atoms with van der Waals surface area (Å²) >= 11 is 0. The molecule has 2 N–H and O–H groups in total. The minimum absolute atomic E-state index is 0.0855. The van der Waals surface area contributed by atoms with Crippen molar-refractivity contribution in [2.45, 2.75) is 19.5 Å². The minimum Gasteiger partial charge on any atom is -0.362 e. The smallest absolute Gasteiger partial charge is 0.244 e. The molecule has 0 aliphatic carbocycles. The SMILES string of the molecule is CC(Nc1cnnc(NCc2ccccc2F)n1)c1ccccc1. The topological polar surface area (TPSA) is 62.7 Å². The van der Waals surface area contributed by atoms with Gasteiger partial charge in [-0.25, -0.2) is 4.39 Å². The molecule has 0 spiro atoms. The molecule has 2 aromatic carbocycles. The second kappa shape index (κ2) is 7.50. The number of anilines is 2. The van der Waals surface area contributed by atoms with Gasteiger partial charge in [-0.1, -0.05) is 48.5 Å². The zero-order valence-corrected chi connectivity index (χ0v) is 13.3. The summed E-state index contributed by atoms with van der Waals surface area (Å²) in [4.78, 5) is 4.36. The van der Waals surface area contributed by atoms with Crippen molar-refractivity contribution in [3.63, 3.8) is 0 Å². The van der Waals surface area contributed by atoms with E-state index < -0.39 is 0 Å². The fourth-order valence-corrected chi connectivity index (χ4v) is 2.31. The summed E-state index contributed by atoms with van der Waals surface area (Å²) in [6.07, 6.45) is 1.56. The van der Waals surface area contributed by atoms with Gasteiger partial charge in [-0.2, -0.15) is 10.1 Å². The number of nitrogens with one attached hydrogen (secondary N) is 2. The summed E-state index contributed by atoms with van der Waals surface area (Å²) in [5, 5.41) is 14.1. The highest BCUT2D eigenvalue weighted by Crippen LogP contribution is 2.17. The molecule has 1 atom stereocenters. The lowest BCUT2D eigenvalue weighted by Crippen LogP contribution is -2.11. The van der Waals surface area contributed by atoms with Gasteiger partial charge < -0.3 is 10.6 Å². The summed E-state index contributed by atoms with van der Waals surface area (Å²) in [5.74, 6) is 0.700. The van der Waals surface area contributed by atoms with E-state index in [9.17, 15) is 4.39 Å². The third-order valence-electron chi connectivity index (χ3n) is 3.62. The van der Waals surface area contributed by atoms with E-state index in [0.717, 1.165) is 5.56 Å². The maximum absolute atomic E-state index is 13.6. The molecular formula is C18H18FN5. The first kappa shape index (κ1) is 15.9. The molecule has 0 saturated heterocycles. The predicted octanol–water partition coefficient (Wildman–Crippen LogP) is 3.80. The molecule has 5 nitrogen and oxygen atoms in total. The van der Waals surface area contributed by atoms with Crippen LogP contribution in [0.1, 0.15) is 24.1 Å². The molecule has 0 fully saturated rings. The van der Waals surface area contributed by atoms with Crippen molar-refractivity contribution in [2.24, 2.45) is 0 Å². The van der Waals surface area contributed by atoms with E-state index in [1.165, 1.54) is 6.07 Å². The lowest BCUT2D eigenvalue weighted by atomic mass is 10.1. The average molecular weight is 323 g/mol. The molecule has 3 aromatic rings. The van der Waals surface area contributed by atoms with Crippen LogP contribution in [0.4, 0.5) is 16.2 Å². The van der Waals surface area contributed by atoms with E-state index >= 15 is 0 Å². The summed E-state index contributed by atoms with van der Waals surface area (Å²) in [5.41, 5.74) is 1.70. The van der Waals surface area contributed by atoms with E-state index in [1.807, 2.05) is 37.3 Å². The van der Waals surface area contributed by atoms with Gasteiger partial charge in [0.1, 0.15) is 5.82 Å². The molecule has 24 heavy (non-hydrogen) atoms. The molecule has 1 aromatic heterocycles. The molecule has 0 amide bonds. The Hall–Kier alpha value is -3.02. The van der Waals surface area contributed by atoms with Gasteiger partial charge >= 0.3 is 0 Å². The van der Waals surface area contributed by atoms with Crippen molar-refractivity contribution in [1.82, 2.24) is 15.2 Å². The highest BCUT2D eigenvalue weighted by Gasteiger charge is 2.07. The average Bonchev–Trinajstić information content (AvgIpc) is 2.62. The number of benzene rings is 2. The fraction of sp³-hybridized carbons (Fsp3) is 0.167. The molecule has 1 heterocycles. The Labute approximate surface area is 140 Å². The lowest BCUT2D eigenvalue weighted by Gasteiger charge is -2.15. The van der Waals surface area contributed by atoms with Crippen LogP contribution in [0.15, 0.2) is 60.8 Å². The summed E-state index contributed by atoms with van der Waals surface area (Å²) < 4.78 is 13.6. The number of hydrogen-bond acceptors (Lipinski definition) is 5. The number of hydrogen-bond donors (Lipinski definition) is 2. The Morgan fingerprint density at radius 2 is 1.79 bits per heavy atom. The first-order chi connectivity index (χ1) is 11.7. The molecule has 0 aliphatic rings. The summed E-state index contributed by atoms with van der Waals surface area (Å²) in [6, 6.07) is 16.7. The van der Waals surface area contributed by atoms with Crippen molar-refractivity contribution < 1.29 is 4.39 Å². The number of halogens is 1. The second-order valence-electron chi connectivity index (χ2n) is 5.39. The summed E-state index contributed by atoms with van der Waals surface area (Å²) in [6.45, 7) is 2.34. The molecule has 1 unspecified atom stereocenters. The number of rotatable bonds is 6. The van der Waals surface area contributed by atoms with E-state index in [-0.39, 0.29) is 11.9 Å². The van der Waals surface area contributed by atoms with E-state index in [1.54, 1.807) is 24.4 Å². The molecule has 6 heteroatoms. The van der Waals surface area contributed by atoms with Crippen LogP contribution >= 0.6 is 0 Å². The van der Waals surface area contributed by atoms with Crippen LogP contribution in [0, 0.1) is 5.82 Å². The highest BCUT2D eigenvalue weighted by atomic mass is 19.1. The molecule has 0 aliphatic heterocycles. The van der Waals surface area contributed by atoms with Crippen molar-refractivity contribution in [1.29, 1.82) is 0 Å². The Balaban J connectivity index is 1.65. The summed E-state index contributed by atoms with van der Waals surface area (Å²) in [7, 11) is 0. The van der Waals surface area contributed by atoms with Crippen LogP contribution in [0.3, 0.4) is 0 Å². The van der Waals surface area contributed by atoms with Gasteiger partial charge in [0.15, 0.2) is 5.82 Å². The lowest BCUT2D eigenvalue weighted by molar-refractivity contribution is 0.612. The van der Waals surface area contributed by atoms with E-state index in [4.69, 9.17) is 0 Å². The van der Waals surface area contributed by atoms with Crippen molar-refractivity contribution in [2.75, 3.05) is 10.6 Å². The van der Waals surface area contributed by atoms with Gasteiger partial charge in [0, 0.05) is 18.2 Å². The van der Waals surface area contributed by atoms with Crippen LogP contribution in [0.5, 0.6) is 0 Å². The largest absolute Gasteiger partial charge is 0.362 e.